The molecule has 0 radical (unpaired) electrons. The summed E-state index contributed by atoms with van der Waals surface area (Å²) < 4.78 is 4.68. The van der Waals surface area contributed by atoms with Gasteiger partial charge in [-0.25, -0.2) is 9.78 Å². The van der Waals surface area contributed by atoms with Gasteiger partial charge < -0.3 is 10.1 Å². The molecule has 3 aromatic rings. The van der Waals surface area contributed by atoms with Gasteiger partial charge in [0.2, 0.25) is 0 Å². The van der Waals surface area contributed by atoms with E-state index in [0.29, 0.717) is 16.3 Å². The van der Waals surface area contributed by atoms with Crippen molar-refractivity contribution in [2.24, 2.45) is 0 Å². The number of ether oxygens (including phenoxy) is 1. The zero-order valence-corrected chi connectivity index (χ0v) is 13.8. The first kappa shape index (κ1) is 14.9. The molecule has 3 aromatic heterocycles. The maximum absolute atomic E-state index is 12.2. The predicted octanol–water partition coefficient (Wildman–Crippen LogP) is 3.97. The Labute approximate surface area is 138 Å². The van der Waals surface area contributed by atoms with Crippen molar-refractivity contribution in [1.82, 2.24) is 4.98 Å². The number of thiophene rings is 2. The summed E-state index contributed by atoms with van der Waals surface area (Å²) in [6, 6.07) is 3.63. The summed E-state index contributed by atoms with van der Waals surface area (Å²) in [5, 5.41) is 10.9. The van der Waals surface area contributed by atoms with Gasteiger partial charge in [0, 0.05) is 16.3 Å². The molecule has 0 aliphatic carbocycles. The molecule has 0 saturated heterocycles. The van der Waals surface area contributed by atoms with Crippen LogP contribution in [0.15, 0.2) is 33.7 Å². The van der Waals surface area contributed by atoms with Crippen LogP contribution in [-0.2, 0) is 4.74 Å². The van der Waals surface area contributed by atoms with Crippen molar-refractivity contribution in [2.75, 3.05) is 12.4 Å². The number of esters is 1. The van der Waals surface area contributed by atoms with Crippen molar-refractivity contribution >= 4 is 51.6 Å². The predicted molar refractivity (Wildman–Crippen MR) is 89.0 cm³/mol. The van der Waals surface area contributed by atoms with E-state index >= 15 is 0 Å². The largest absolute Gasteiger partial charge is 0.465 e. The molecule has 0 aliphatic rings. The summed E-state index contributed by atoms with van der Waals surface area (Å²) in [5.41, 5.74) is 1.76. The summed E-state index contributed by atoms with van der Waals surface area (Å²) in [5.74, 6) is -0.816. The van der Waals surface area contributed by atoms with Gasteiger partial charge in [-0.3, -0.25) is 4.79 Å². The lowest BCUT2D eigenvalue weighted by molar-refractivity contribution is 0.0607. The number of nitrogens with one attached hydrogen (secondary N) is 1. The highest BCUT2D eigenvalue weighted by molar-refractivity contribution is 7.14. The summed E-state index contributed by atoms with van der Waals surface area (Å²) in [7, 11) is 1.31. The Kier molecular flexibility index (Phi) is 4.32. The molecule has 112 valence electrons. The van der Waals surface area contributed by atoms with Crippen molar-refractivity contribution in [3.8, 4) is 10.6 Å². The first-order chi connectivity index (χ1) is 10.7. The zero-order chi connectivity index (χ0) is 15.5. The number of nitrogens with zero attached hydrogens (tertiary/aromatic N) is 1. The van der Waals surface area contributed by atoms with Crippen LogP contribution in [0.25, 0.3) is 10.6 Å². The van der Waals surface area contributed by atoms with Gasteiger partial charge in [0.15, 0.2) is 0 Å². The minimum absolute atomic E-state index is 0.327. The minimum atomic E-state index is -0.470. The van der Waals surface area contributed by atoms with Gasteiger partial charge in [0.25, 0.3) is 5.91 Å². The third-order valence-corrected chi connectivity index (χ3v) is 5.26. The number of amides is 1. The average Bonchev–Trinajstić information content (AvgIpc) is 3.25. The number of aromatic nitrogens is 1. The Bertz CT molecular complexity index is 805. The van der Waals surface area contributed by atoms with E-state index in [1.54, 1.807) is 28.2 Å². The van der Waals surface area contributed by atoms with Crippen LogP contribution in [0, 0.1) is 0 Å². The molecule has 0 spiro atoms. The highest BCUT2D eigenvalue weighted by atomic mass is 32.1. The lowest BCUT2D eigenvalue weighted by Crippen LogP contribution is -2.14. The van der Waals surface area contributed by atoms with Crippen LogP contribution in [0.1, 0.15) is 20.2 Å². The topological polar surface area (TPSA) is 68.3 Å². The Balaban J connectivity index is 1.78. The van der Waals surface area contributed by atoms with Crippen LogP contribution in [0.4, 0.5) is 5.69 Å². The SMILES string of the molecule is COC(=O)c1sccc1NC(=O)c1csc(-c2ccsc2)n1. The molecule has 3 heterocycles. The van der Waals surface area contributed by atoms with E-state index < -0.39 is 5.97 Å². The third kappa shape index (κ3) is 2.94. The minimum Gasteiger partial charge on any atom is -0.465 e. The van der Waals surface area contributed by atoms with E-state index in [2.05, 4.69) is 15.0 Å². The number of anilines is 1. The molecule has 5 nitrogen and oxygen atoms in total. The highest BCUT2D eigenvalue weighted by Crippen LogP contribution is 2.27. The number of carbonyl (C=O) groups is 2. The smallest absolute Gasteiger partial charge is 0.350 e. The molecule has 0 saturated carbocycles. The van der Waals surface area contributed by atoms with Gasteiger partial charge in [-0.1, -0.05) is 0 Å². The monoisotopic (exact) mass is 350 g/mol. The van der Waals surface area contributed by atoms with Crippen molar-refractivity contribution in [3.05, 3.63) is 44.2 Å². The first-order valence-corrected chi connectivity index (χ1v) is 8.84. The maximum Gasteiger partial charge on any atom is 0.350 e. The molecule has 1 N–H and O–H groups in total. The first-order valence-electron chi connectivity index (χ1n) is 6.14. The molecule has 8 heteroatoms. The van der Waals surface area contributed by atoms with Gasteiger partial charge in [0.05, 0.1) is 12.8 Å². The Hall–Kier alpha value is -2.03. The Morgan fingerprint density at radius 3 is 2.77 bits per heavy atom. The number of hydrogen-bond acceptors (Lipinski definition) is 7. The van der Waals surface area contributed by atoms with Gasteiger partial charge >= 0.3 is 5.97 Å². The molecule has 0 unspecified atom stereocenters. The summed E-state index contributed by atoms with van der Waals surface area (Å²) in [6.45, 7) is 0. The van der Waals surface area contributed by atoms with Gasteiger partial charge in [0.1, 0.15) is 15.6 Å². The maximum atomic E-state index is 12.2. The molecular formula is C14H10N2O3S3. The van der Waals surface area contributed by atoms with Crippen LogP contribution in [0.3, 0.4) is 0 Å². The second kappa shape index (κ2) is 6.39. The summed E-state index contributed by atoms with van der Waals surface area (Å²) >= 11 is 4.21. The molecule has 0 atom stereocenters. The molecule has 0 bridgehead atoms. The second-order valence-electron chi connectivity index (χ2n) is 4.16. The van der Waals surface area contributed by atoms with Crippen molar-refractivity contribution in [1.29, 1.82) is 0 Å². The van der Waals surface area contributed by atoms with E-state index in [0.717, 1.165) is 10.6 Å². The average molecular weight is 350 g/mol. The molecule has 3 rings (SSSR count). The molecule has 22 heavy (non-hydrogen) atoms. The Morgan fingerprint density at radius 2 is 2.05 bits per heavy atom. The number of carbonyl (C=O) groups excluding carboxylic acids is 2. The van der Waals surface area contributed by atoms with Gasteiger partial charge in [-0.2, -0.15) is 11.3 Å². The third-order valence-electron chi connectivity index (χ3n) is 2.79. The lowest BCUT2D eigenvalue weighted by atomic mass is 10.3. The zero-order valence-electron chi connectivity index (χ0n) is 11.4. The standard InChI is InChI=1S/C14H10N2O3S3/c1-19-14(18)11-9(3-5-21-11)15-12(17)10-7-22-13(16-10)8-2-4-20-6-8/h2-7H,1H3,(H,15,17). The fourth-order valence-corrected chi connectivity index (χ4v) is 4.02. The van der Waals surface area contributed by atoms with Gasteiger partial charge in [-0.15, -0.1) is 22.7 Å². The van der Waals surface area contributed by atoms with Crippen LogP contribution in [-0.4, -0.2) is 24.0 Å². The van der Waals surface area contributed by atoms with Crippen LogP contribution < -0.4 is 5.32 Å². The van der Waals surface area contributed by atoms with Crippen molar-refractivity contribution in [2.45, 2.75) is 0 Å². The van der Waals surface area contributed by atoms with Crippen molar-refractivity contribution in [3.63, 3.8) is 0 Å². The van der Waals surface area contributed by atoms with Crippen LogP contribution >= 0.6 is 34.0 Å². The van der Waals surface area contributed by atoms with E-state index in [1.165, 1.54) is 29.8 Å². The number of thiazole rings is 1. The molecular weight excluding hydrogens is 340 g/mol. The fourth-order valence-electron chi connectivity index (χ4n) is 1.74. The summed E-state index contributed by atoms with van der Waals surface area (Å²) in [4.78, 5) is 28.5. The van der Waals surface area contributed by atoms with E-state index in [9.17, 15) is 9.59 Å². The molecule has 0 aromatic carbocycles. The van der Waals surface area contributed by atoms with E-state index in [-0.39, 0.29) is 5.91 Å². The number of rotatable bonds is 4. The van der Waals surface area contributed by atoms with Crippen molar-refractivity contribution < 1.29 is 14.3 Å². The number of hydrogen-bond donors (Lipinski definition) is 1. The molecule has 0 aliphatic heterocycles. The van der Waals surface area contributed by atoms with E-state index in [1.807, 2.05) is 16.8 Å². The highest BCUT2D eigenvalue weighted by Gasteiger charge is 2.18. The fraction of sp³-hybridized carbons (Fsp3) is 0.0714. The quantitative estimate of drug-likeness (QED) is 0.723. The molecule has 1 amide bonds. The summed E-state index contributed by atoms with van der Waals surface area (Å²) in [6.07, 6.45) is 0. The van der Waals surface area contributed by atoms with Gasteiger partial charge in [-0.05, 0) is 22.9 Å². The van der Waals surface area contributed by atoms with Crippen LogP contribution in [0.5, 0.6) is 0 Å². The van der Waals surface area contributed by atoms with Crippen LogP contribution in [0.2, 0.25) is 0 Å². The van der Waals surface area contributed by atoms with E-state index in [4.69, 9.17) is 0 Å². The lowest BCUT2D eigenvalue weighted by Gasteiger charge is -2.03. The number of methoxy groups -OCH3 is 1. The normalized spacial score (nSPS) is 10.4. The Morgan fingerprint density at radius 1 is 1.18 bits per heavy atom. The molecule has 0 fully saturated rings. The second-order valence-corrected chi connectivity index (χ2v) is 6.71.